The van der Waals surface area contributed by atoms with Crippen molar-refractivity contribution in [2.45, 2.75) is 65.2 Å². The van der Waals surface area contributed by atoms with Crippen LogP contribution in [0.25, 0.3) is 0 Å². The van der Waals surface area contributed by atoms with Crippen LogP contribution < -0.4 is 5.32 Å². The average molecular weight is 309 g/mol. The van der Waals surface area contributed by atoms with Gasteiger partial charge in [0, 0.05) is 0 Å². The van der Waals surface area contributed by atoms with Crippen LogP contribution in [0.5, 0.6) is 0 Å². The van der Waals surface area contributed by atoms with Gasteiger partial charge in [0.05, 0.1) is 11.1 Å². The van der Waals surface area contributed by atoms with Gasteiger partial charge in [0.15, 0.2) is 0 Å². The molecule has 1 amide bonds. The van der Waals surface area contributed by atoms with E-state index in [9.17, 15) is 4.79 Å². The zero-order chi connectivity index (χ0) is 17.2. The molecule has 1 aromatic rings. The first-order chi connectivity index (χ1) is 9.83. The molecule has 0 saturated heterocycles. The standard InChI is InChI=1S/C17H27NO4/c1-15(2,3)21-22-17(6,7)13-10-8-12(9-11-13)16(4,5)18-14(19)20/h8-11,18H,1-7H3,(H,19,20). The highest BCUT2D eigenvalue weighted by molar-refractivity contribution is 5.66. The van der Waals surface area contributed by atoms with E-state index >= 15 is 0 Å². The normalized spacial score (nSPS) is 13.0. The van der Waals surface area contributed by atoms with Gasteiger partial charge in [-0.15, -0.1) is 0 Å². The van der Waals surface area contributed by atoms with Gasteiger partial charge in [-0.3, -0.25) is 0 Å². The molecule has 5 nitrogen and oxygen atoms in total. The number of carboxylic acid groups (broad SMARTS) is 1. The van der Waals surface area contributed by atoms with E-state index in [0.29, 0.717) is 0 Å². The first kappa shape index (κ1) is 18.5. The molecule has 1 aromatic carbocycles. The molecule has 0 aliphatic carbocycles. The third-order valence-electron chi connectivity index (χ3n) is 3.22. The number of carbonyl (C=O) groups is 1. The highest BCUT2D eigenvalue weighted by atomic mass is 17.2. The van der Waals surface area contributed by atoms with Crippen molar-refractivity contribution in [2.75, 3.05) is 0 Å². The molecule has 1 rings (SSSR count). The van der Waals surface area contributed by atoms with Gasteiger partial charge < -0.3 is 10.4 Å². The molecular weight excluding hydrogens is 282 g/mol. The van der Waals surface area contributed by atoms with Crippen LogP contribution in [0.4, 0.5) is 4.79 Å². The van der Waals surface area contributed by atoms with E-state index < -0.39 is 17.2 Å². The minimum Gasteiger partial charge on any atom is -0.465 e. The Kier molecular flexibility index (Phi) is 5.25. The van der Waals surface area contributed by atoms with Crippen molar-refractivity contribution in [1.29, 1.82) is 0 Å². The lowest BCUT2D eigenvalue weighted by Crippen LogP contribution is -2.40. The summed E-state index contributed by atoms with van der Waals surface area (Å²) in [5.74, 6) is 0. The molecule has 0 spiro atoms. The third-order valence-corrected chi connectivity index (χ3v) is 3.22. The van der Waals surface area contributed by atoms with Gasteiger partial charge in [-0.25, -0.2) is 14.6 Å². The number of rotatable bonds is 5. The second-order valence-corrected chi connectivity index (χ2v) is 7.42. The topological polar surface area (TPSA) is 67.8 Å². The molecule has 0 aliphatic heterocycles. The van der Waals surface area contributed by atoms with Crippen LogP contribution in [0.15, 0.2) is 24.3 Å². The maximum Gasteiger partial charge on any atom is 0.405 e. The molecule has 0 unspecified atom stereocenters. The fourth-order valence-electron chi connectivity index (χ4n) is 1.91. The fourth-order valence-corrected chi connectivity index (χ4v) is 1.91. The van der Waals surface area contributed by atoms with E-state index in [4.69, 9.17) is 14.9 Å². The minimum atomic E-state index is -1.05. The molecule has 0 aromatic heterocycles. The van der Waals surface area contributed by atoms with Gasteiger partial charge in [-0.05, 0) is 59.6 Å². The van der Waals surface area contributed by atoms with Crippen molar-refractivity contribution >= 4 is 6.09 Å². The van der Waals surface area contributed by atoms with Gasteiger partial charge in [0.1, 0.15) is 5.60 Å². The molecule has 2 N–H and O–H groups in total. The molecule has 22 heavy (non-hydrogen) atoms. The highest BCUT2D eigenvalue weighted by Crippen LogP contribution is 2.29. The lowest BCUT2D eigenvalue weighted by atomic mass is 9.90. The second kappa shape index (κ2) is 6.26. The molecule has 0 heterocycles. The third kappa shape index (κ3) is 5.31. The summed E-state index contributed by atoms with van der Waals surface area (Å²) in [6.07, 6.45) is -1.05. The maximum absolute atomic E-state index is 10.8. The van der Waals surface area contributed by atoms with Crippen LogP contribution >= 0.6 is 0 Å². The largest absolute Gasteiger partial charge is 0.465 e. The summed E-state index contributed by atoms with van der Waals surface area (Å²) in [4.78, 5) is 21.8. The maximum atomic E-state index is 10.8. The predicted octanol–water partition coefficient (Wildman–Crippen LogP) is 4.17. The fraction of sp³-hybridized carbons (Fsp3) is 0.588. The molecule has 0 atom stereocenters. The quantitative estimate of drug-likeness (QED) is 0.632. The Labute approximate surface area is 132 Å². The molecule has 0 radical (unpaired) electrons. The summed E-state index contributed by atoms with van der Waals surface area (Å²) in [5, 5.41) is 11.4. The van der Waals surface area contributed by atoms with E-state index in [1.165, 1.54) is 0 Å². The van der Waals surface area contributed by atoms with E-state index in [1.54, 1.807) is 0 Å². The SMILES string of the molecule is CC(C)(C)OOC(C)(C)c1ccc(C(C)(C)NC(=O)O)cc1. The van der Waals surface area contributed by atoms with E-state index in [-0.39, 0.29) is 5.60 Å². The lowest BCUT2D eigenvalue weighted by Gasteiger charge is -2.30. The van der Waals surface area contributed by atoms with Gasteiger partial charge in [0.2, 0.25) is 0 Å². The molecule has 0 bridgehead atoms. The Morgan fingerprint density at radius 3 is 1.77 bits per heavy atom. The van der Waals surface area contributed by atoms with Crippen LogP contribution in [0.3, 0.4) is 0 Å². The van der Waals surface area contributed by atoms with E-state index in [0.717, 1.165) is 11.1 Å². The van der Waals surface area contributed by atoms with Crippen molar-refractivity contribution in [1.82, 2.24) is 5.32 Å². The molecule has 5 heteroatoms. The Balaban J connectivity index is 2.90. The second-order valence-electron chi connectivity index (χ2n) is 7.42. The van der Waals surface area contributed by atoms with Crippen LogP contribution in [-0.4, -0.2) is 16.8 Å². The van der Waals surface area contributed by atoms with Gasteiger partial charge >= 0.3 is 6.09 Å². The van der Waals surface area contributed by atoms with Crippen molar-refractivity contribution in [3.05, 3.63) is 35.4 Å². The summed E-state index contributed by atoms with van der Waals surface area (Å²) in [5.41, 5.74) is 0.190. The molecular formula is C17H27NO4. The molecule has 0 fully saturated rings. The van der Waals surface area contributed by atoms with Gasteiger partial charge in [0.25, 0.3) is 0 Å². The van der Waals surface area contributed by atoms with Crippen LogP contribution in [0, 0.1) is 0 Å². The Morgan fingerprint density at radius 2 is 1.36 bits per heavy atom. The van der Waals surface area contributed by atoms with Crippen molar-refractivity contribution in [3.63, 3.8) is 0 Å². The number of nitrogens with one attached hydrogen (secondary N) is 1. The van der Waals surface area contributed by atoms with Gasteiger partial charge in [-0.1, -0.05) is 24.3 Å². The van der Waals surface area contributed by atoms with E-state index in [2.05, 4.69) is 5.32 Å². The predicted molar refractivity (Wildman–Crippen MR) is 85.6 cm³/mol. The molecule has 0 aliphatic rings. The van der Waals surface area contributed by atoms with Crippen molar-refractivity contribution < 1.29 is 19.7 Å². The molecule has 0 saturated carbocycles. The van der Waals surface area contributed by atoms with Crippen LogP contribution in [0.2, 0.25) is 0 Å². The Bertz CT molecular complexity index is 512. The summed E-state index contributed by atoms with van der Waals surface area (Å²) in [6, 6.07) is 7.64. The Hall–Kier alpha value is -1.59. The smallest absolute Gasteiger partial charge is 0.405 e. The summed E-state index contributed by atoms with van der Waals surface area (Å²) < 4.78 is 0. The molecule has 124 valence electrons. The first-order valence-corrected chi connectivity index (χ1v) is 7.32. The highest BCUT2D eigenvalue weighted by Gasteiger charge is 2.27. The zero-order valence-electron chi connectivity index (χ0n) is 14.5. The number of hydrogen-bond donors (Lipinski definition) is 2. The minimum absolute atomic E-state index is 0.384. The number of amides is 1. The number of hydrogen-bond acceptors (Lipinski definition) is 3. The van der Waals surface area contributed by atoms with Gasteiger partial charge in [-0.2, -0.15) is 0 Å². The van der Waals surface area contributed by atoms with Crippen molar-refractivity contribution in [3.8, 4) is 0 Å². The van der Waals surface area contributed by atoms with Crippen molar-refractivity contribution in [2.24, 2.45) is 0 Å². The Morgan fingerprint density at radius 1 is 0.909 bits per heavy atom. The summed E-state index contributed by atoms with van der Waals surface area (Å²) >= 11 is 0. The lowest BCUT2D eigenvalue weighted by molar-refractivity contribution is -0.401. The van der Waals surface area contributed by atoms with Crippen LogP contribution in [-0.2, 0) is 20.9 Å². The van der Waals surface area contributed by atoms with Crippen LogP contribution in [0.1, 0.15) is 59.6 Å². The number of benzene rings is 1. The zero-order valence-corrected chi connectivity index (χ0v) is 14.5. The monoisotopic (exact) mass is 309 g/mol. The summed E-state index contributed by atoms with van der Waals surface area (Å²) in [7, 11) is 0. The van der Waals surface area contributed by atoms with E-state index in [1.807, 2.05) is 72.7 Å². The average Bonchev–Trinajstić information content (AvgIpc) is 2.34. The summed E-state index contributed by atoms with van der Waals surface area (Å²) in [6.45, 7) is 13.3. The first-order valence-electron chi connectivity index (χ1n) is 7.32.